The summed E-state index contributed by atoms with van der Waals surface area (Å²) in [6.07, 6.45) is 3.69. The molecule has 110 valence electrons. The summed E-state index contributed by atoms with van der Waals surface area (Å²) in [6.45, 7) is 4.61. The number of benzene rings is 1. The molecule has 3 nitrogen and oxygen atoms in total. The van der Waals surface area contributed by atoms with Crippen LogP contribution in [-0.2, 0) is 0 Å². The van der Waals surface area contributed by atoms with Gasteiger partial charge in [0.15, 0.2) is 0 Å². The van der Waals surface area contributed by atoms with Crippen molar-refractivity contribution in [2.75, 3.05) is 7.11 Å². The molecule has 0 heterocycles. The van der Waals surface area contributed by atoms with Crippen LogP contribution in [0.5, 0.6) is 11.5 Å². The largest absolute Gasteiger partial charge is 0.497 e. The molecule has 0 amide bonds. The first-order valence-electron chi connectivity index (χ1n) is 7.15. The second-order valence-corrected chi connectivity index (χ2v) is 6.21. The quantitative estimate of drug-likeness (QED) is 0.863. The number of ether oxygens (including phenoxy) is 2. The monoisotopic (exact) mass is 293 g/mol. The van der Waals surface area contributed by atoms with Gasteiger partial charge in [0.1, 0.15) is 16.5 Å². The maximum Gasteiger partial charge on any atom is 0.124 e. The lowest BCUT2D eigenvalue weighted by molar-refractivity contribution is 0.100. The second-order valence-electron chi connectivity index (χ2n) is 5.77. The normalized spacial score (nSPS) is 26.1. The van der Waals surface area contributed by atoms with E-state index in [2.05, 4.69) is 13.8 Å². The molecule has 1 saturated carbocycles. The first kappa shape index (κ1) is 15.1. The maximum atomic E-state index is 6.11. The summed E-state index contributed by atoms with van der Waals surface area (Å²) in [5.41, 5.74) is 6.48. The number of thiocarbonyl (C=S) groups is 1. The van der Waals surface area contributed by atoms with Gasteiger partial charge in [0.2, 0.25) is 0 Å². The zero-order valence-corrected chi connectivity index (χ0v) is 13.2. The lowest BCUT2D eigenvalue weighted by Gasteiger charge is -2.32. The third kappa shape index (κ3) is 3.63. The predicted octanol–water partition coefficient (Wildman–Crippen LogP) is 3.53. The van der Waals surface area contributed by atoms with E-state index in [1.807, 2.05) is 18.2 Å². The molecule has 1 aliphatic carbocycles. The fourth-order valence-electron chi connectivity index (χ4n) is 2.70. The number of rotatable bonds is 4. The van der Waals surface area contributed by atoms with Crippen LogP contribution in [0.4, 0.5) is 0 Å². The minimum Gasteiger partial charge on any atom is -0.497 e. The highest BCUT2D eigenvalue weighted by Crippen LogP contribution is 2.33. The smallest absolute Gasteiger partial charge is 0.124 e. The maximum absolute atomic E-state index is 6.11. The van der Waals surface area contributed by atoms with Crippen molar-refractivity contribution in [2.24, 2.45) is 17.6 Å². The molecule has 2 N–H and O–H groups in total. The van der Waals surface area contributed by atoms with Crippen LogP contribution in [-0.4, -0.2) is 18.2 Å². The molecule has 1 fully saturated rings. The minimum absolute atomic E-state index is 0.271. The molecule has 0 aromatic heterocycles. The summed E-state index contributed by atoms with van der Waals surface area (Å²) in [6, 6.07) is 5.62. The number of hydrogen-bond donors (Lipinski definition) is 1. The molecule has 0 aliphatic heterocycles. The molecule has 1 aromatic carbocycles. The van der Waals surface area contributed by atoms with Crippen LogP contribution < -0.4 is 15.2 Å². The second kappa shape index (κ2) is 6.44. The van der Waals surface area contributed by atoms with E-state index < -0.39 is 0 Å². The van der Waals surface area contributed by atoms with Gasteiger partial charge in [-0.15, -0.1) is 0 Å². The Morgan fingerprint density at radius 3 is 2.45 bits per heavy atom. The molecule has 2 rings (SSSR count). The van der Waals surface area contributed by atoms with Gasteiger partial charge in [-0.25, -0.2) is 0 Å². The molecule has 3 atom stereocenters. The van der Waals surface area contributed by atoms with Gasteiger partial charge in [-0.2, -0.15) is 0 Å². The number of nitrogens with two attached hydrogens (primary N) is 1. The lowest BCUT2D eigenvalue weighted by Crippen LogP contribution is -2.28. The molecular formula is C16H23NO2S. The van der Waals surface area contributed by atoms with E-state index in [9.17, 15) is 0 Å². The number of methoxy groups -OCH3 is 1. The van der Waals surface area contributed by atoms with E-state index in [4.69, 9.17) is 27.4 Å². The van der Waals surface area contributed by atoms with Gasteiger partial charge in [-0.05, 0) is 43.2 Å². The average Bonchev–Trinajstić information content (AvgIpc) is 2.42. The van der Waals surface area contributed by atoms with Crippen molar-refractivity contribution in [3.63, 3.8) is 0 Å². The van der Waals surface area contributed by atoms with Crippen LogP contribution in [0.3, 0.4) is 0 Å². The van der Waals surface area contributed by atoms with E-state index in [1.165, 1.54) is 6.42 Å². The highest BCUT2D eigenvalue weighted by Gasteiger charge is 2.25. The standard InChI is InChI=1S/C16H23NO2S/c1-10-4-5-13(6-11(10)2)19-15-8-12(16(17)20)7-14(9-15)18-3/h7-11,13H,4-6H2,1-3H3,(H2,17,20). The van der Waals surface area contributed by atoms with Gasteiger partial charge in [-0.1, -0.05) is 26.1 Å². The Hall–Kier alpha value is -1.29. The zero-order valence-electron chi connectivity index (χ0n) is 12.4. The molecule has 1 aromatic rings. The van der Waals surface area contributed by atoms with E-state index in [0.717, 1.165) is 35.8 Å². The zero-order chi connectivity index (χ0) is 14.7. The summed E-state index contributed by atoms with van der Waals surface area (Å²) in [4.78, 5) is 0.361. The summed E-state index contributed by atoms with van der Waals surface area (Å²) in [7, 11) is 1.63. The van der Waals surface area contributed by atoms with Gasteiger partial charge < -0.3 is 15.2 Å². The van der Waals surface area contributed by atoms with E-state index in [-0.39, 0.29) is 6.10 Å². The Kier molecular flexibility index (Phi) is 4.86. The molecule has 4 heteroatoms. The van der Waals surface area contributed by atoms with Crippen molar-refractivity contribution < 1.29 is 9.47 Å². The van der Waals surface area contributed by atoms with E-state index in [0.29, 0.717) is 10.9 Å². The van der Waals surface area contributed by atoms with Crippen LogP contribution in [0.2, 0.25) is 0 Å². The molecular weight excluding hydrogens is 270 g/mol. The van der Waals surface area contributed by atoms with Crippen LogP contribution in [0.15, 0.2) is 18.2 Å². The molecule has 1 aliphatic rings. The van der Waals surface area contributed by atoms with Crippen LogP contribution in [0, 0.1) is 11.8 Å². The summed E-state index contributed by atoms with van der Waals surface area (Å²) in [5, 5.41) is 0. The molecule has 0 spiro atoms. The fourth-order valence-corrected chi connectivity index (χ4v) is 2.82. The van der Waals surface area contributed by atoms with E-state index in [1.54, 1.807) is 7.11 Å². The van der Waals surface area contributed by atoms with Gasteiger partial charge >= 0.3 is 0 Å². The SMILES string of the molecule is COc1cc(OC2CCC(C)C(C)C2)cc(C(N)=S)c1. The molecule has 0 saturated heterocycles. The Bertz CT molecular complexity index is 489. The van der Waals surface area contributed by atoms with Crippen molar-refractivity contribution in [3.8, 4) is 11.5 Å². The van der Waals surface area contributed by atoms with Crippen molar-refractivity contribution >= 4 is 17.2 Å². The van der Waals surface area contributed by atoms with Crippen LogP contribution in [0.25, 0.3) is 0 Å². The molecule has 0 bridgehead atoms. The highest BCUT2D eigenvalue weighted by atomic mass is 32.1. The minimum atomic E-state index is 0.271. The average molecular weight is 293 g/mol. The third-order valence-electron chi connectivity index (χ3n) is 4.25. The number of hydrogen-bond acceptors (Lipinski definition) is 3. The fraction of sp³-hybridized carbons (Fsp3) is 0.562. The third-order valence-corrected chi connectivity index (χ3v) is 4.49. The van der Waals surface area contributed by atoms with Crippen molar-refractivity contribution in [2.45, 2.75) is 39.2 Å². The first-order valence-corrected chi connectivity index (χ1v) is 7.56. The molecule has 0 radical (unpaired) electrons. The topological polar surface area (TPSA) is 44.5 Å². The van der Waals surface area contributed by atoms with E-state index >= 15 is 0 Å². The Labute approximate surface area is 126 Å². The highest BCUT2D eigenvalue weighted by molar-refractivity contribution is 7.80. The summed E-state index contributed by atoms with van der Waals surface area (Å²) < 4.78 is 11.4. The Balaban J connectivity index is 2.12. The van der Waals surface area contributed by atoms with Crippen molar-refractivity contribution in [1.29, 1.82) is 0 Å². The molecule has 20 heavy (non-hydrogen) atoms. The van der Waals surface area contributed by atoms with Crippen molar-refractivity contribution in [1.82, 2.24) is 0 Å². The molecule has 3 unspecified atom stereocenters. The summed E-state index contributed by atoms with van der Waals surface area (Å²) in [5.74, 6) is 3.00. The van der Waals surface area contributed by atoms with Gasteiger partial charge in [0.05, 0.1) is 13.2 Å². The van der Waals surface area contributed by atoms with Gasteiger partial charge in [0.25, 0.3) is 0 Å². The van der Waals surface area contributed by atoms with Crippen LogP contribution in [0.1, 0.15) is 38.7 Å². The first-order chi connectivity index (χ1) is 9.49. The van der Waals surface area contributed by atoms with Crippen LogP contribution >= 0.6 is 12.2 Å². The Morgan fingerprint density at radius 1 is 1.15 bits per heavy atom. The summed E-state index contributed by atoms with van der Waals surface area (Å²) >= 11 is 5.03. The van der Waals surface area contributed by atoms with Gasteiger partial charge in [-0.3, -0.25) is 0 Å². The predicted molar refractivity (Wildman–Crippen MR) is 85.5 cm³/mol. The van der Waals surface area contributed by atoms with Crippen molar-refractivity contribution in [3.05, 3.63) is 23.8 Å². The lowest BCUT2D eigenvalue weighted by atomic mass is 9.80. The Morgan fingerprint density at radius 2 is 1.85 bits per heavy atom. The van der Waals surface area contributed by atoms with Gasteiger partial charge in [0, 0.05) is 11.6 Å².